The zero-order valence-electron chi connectivity index (χ0n) is 13.5. The Kier molecular flexibility index (Phi) is 5.07. The SMILES string of the molecule is N#Cc1ccc(N2CCCCC2CNC(=O)c2ccccc2)nc1. The van der Waals surface area contributed by atoms with Crippen LogP contribution in [-0.4, -0.2) is 30.0 Å². The van der Waals surface area contributed by atoms with Crippen molar-refractivity contribution in [1.29, 1.82) is 5.26 Å². The molecule has 1 aromatic heterocycles. The van der Waals surface area contributed by atoms with Crippen LogP contribution in [0.4, 0.5) is 5.82 Å². The van der Waals surface area contributed by atoms with E-state index in [1.807, 2.05) is 36.4 Å². The van der Waals surface area contributed by atoms with E-state index in [9.17, 15) is 4.79 Å². The Morgan fingerprint density at radius 3 is 2.79 bits per heavy atom. The largest absolute Gasteiger partial charge is 0.352 e. The van der Waals surface area contributed by atoms with E-state index in [2.05, 4.69) is 21.3 Å². The lowest BCUT2D eigenvalue weighted by Crippen LogP contribution is -2.47. The van der Waals surface area contributed by atoms with Gasteiger partial charge >= 0.3 is 0 Å². The van der Waals surface area contributed by atoms with Gasteiger partial charge in [-0.15, -0.1) is 0 Å². The summed E-state index contributed by atoms with van der Waals surface area (Å²) in [6.45, 7) is 1.51. The van der Waals surface area contributed by atoms with Gasteiger partial charge in [0.2, 0.25) is 0 Å². The lowest BCUT2D eigenvalue weighted by Gasteiger charge is -2.36. The van der Waals surface area contributed by atoms with Crippen LogP contribution in [0.2, 0.25) is 0 Å². The fraction of sp³-hybridized carbons (Fsp3) is 0.316. The Hall–Kier alpha value is -2.87. The predicted octanol–water partition coefficient (Wildman–Crippen LogP) is 2.74. The number of rotatable bonds is 4. The second-order valence-corrected chi connectivity index (χ2v) is 5.94. The molecule has 0 spiro atoms. The smallest absolute Gasteiger partial charge is 0.251 e. The third-order valence-electron chi connectivity index (χ3n) is 4.33. The fourth-order valence-corrected chi connectivity index (χ4v) is 3.04. The molecule has 1 saturated heterocycles. The third-order valence-corrected chi connectivity index (χ3v) is 4.33. The monoisotopic (exact) mass is 320 g/mol. The number of amides is 1. The van der Waals surface area contributed by atoms with Gasteiger partial charge in [0.25, 0.3) is 5.91 Å². The number of benzene rings is 1. The van der Waals surface area contributed by atoms with Gasteiger partial charge in [-0.05, 0) is 43.5 Å². The number of nitriles is 1. The molecule has 1 aliphatic rings. The zero-order valence-corrected chi connectivity index (χ0v) is 13.5. The minimum Gasteiger partial charge on any atom is -0.352 e. The van der Waals surface area contributed by atoms with Crippen molar-refractivity contribution in [2.75, 3.05) is 18.0 Å². The van der Waals surface area contributed by atoms with Gasteiger partial charge in [0.15, 0.2) is 0 Å². The van der Waals surface area contributed by atoms with Gasteiger partial charge in [0, 0.05) is 30.9 Å². The maximum atomic E-state index is 12.2. The summed E-state index contributed by atoms with van der Waals surface area (Å²) >= 11 is 0. The van der Waals surface area contributed by atoms with Crippen molar-refractivity contribution in [3.8, 4) is 6.07 Å². The lowest BCUT2D eigenvalue weighted by atomic mass is 10.0. The number of hydrogen-bond acceptors (Lipinski definition) is 4. The summed E-state index contributed by atoms with van der Waals surface area (Å²) < 4.78 is 0. The molecule has 1 aromatic carbocycles. The molecule has 1 N–H and O–H groups in total. The molecule has 1 fully saturated rings. The van der Waals surface area contributed by atoms with Crippen molar-refractivity contribution in [1.82, 2.24) is 10.3 Å². The first-order valence-corrected chi connectivity index (χ1v) is 8.24. The first-order chi connectivity index (χ1) is 11.8. The molecule has 0 saturated carbocycles. The van der Waals surface area contributed by atoms with Crippen LogP contribution in [0.15, 0.2) is 48.7 Å². The fourth-order valence-electron chi connectivity index (χ4n) is 3.04. The Bertz CT molecular complexity index is 721. The van der Waals surface area contributed by atoms with E-state index < -0.39 is 0 Å². The van der Waals surface area contributed by atoms with E-state index in [4.69, 9.17) is 5.26 Å². The van der Waals surface area contributed by atoms with E-state index in [1.54, 1.807) is 12.3 Å². The third kappa shape index (κ3) is 3.72. The number of anilines is 1. The number of aromatic nitrogens is 1. The van der Waals surface area contributed by atoms with E-state index in [-0.39, 0.29) is 11.9 Å². The van der Waals surface area contributed by atoms with Gasteiger partial charge in [-0.1, -0.05) is 18.2 Å². The first kappa shape index (κ1) is 16.0. The number of carbonyl (C=O) groups is 1. The lowest BCUT2D eigenvalue weighted by molar-refractivity contribution is 0.0949. The molecule has 0 aliphatic carbocycles. The number of carbonyl (C=O) groups excluding carboxylic acids is 1. The van der Waals surface area contributed by atoms with Crippen molar-refractivity contribution in [3.63, 3.8) is 0 Å². The number of pyridine rings is 1. The standard InChI is InChI=1S/C19H20N4O/c20-12-15-9-10-18(21-13-15)23-11-5-4-8-17(23)14-22-19(24)16-6-2-1-3-7-16/h1-3,6-7,9-10,13,17H,4-5,8,11,14H2,(H,22,24). The minimum absolute atomic E-state index is 0.0473. The average Bonchev–Trinajstić information content (AvgIpc) is 2.67. The van der Waals surface area contributed by atoms with Gasteiger partial charge in [0.05, 0.1) is 5.56 Å². The molecule has 1 atom stereocenters. The summed E-state index contributed by atoms with van der Waals surface area (Å²) in [5.74, 6) is 0.821. The highest BCUT2D eigenvalue weighted by molar-refractivity contribution is 5.94. The van der Waals surface area contributed by atoms with Crippen LogP contribution < -0.4 is 10.2 Å². The van der Waals surface area contributed by atoms with Gasteiger partial charge in [0.1, 0.15) is 11.9 Å². The van der Waals surface area contributed by atoms with Crippen LogP contribution in [0.5, 0.6) is 0 Å². The predicted molar refractivity (Wildman–Crippen MR) is 92.7 cm³/mol. The Balaban J connectivity index is 1.66. The van der Waals surface area contributed by atoms with Crippen LogP contribution in [0, 0.1) is 11.3 Å². The van der Waals surface area contributed by atoms with E-state index in [0.717, 1.165) is 31.6 Å². The summed E-state index contributed by atoms with van der Waals surface area (Å²) in [6.07, 6.45) is 4.89. The molecule has 5 nitrogen and oxygen atoms in total. The second-order valence-electron chi connectivity index (χ2n) is 5.94. The maximum Gasteiger partial charge on any atom is 0.251 e. The van der Waals surface area contributed by atoms with Crippen LogP contribution in [0.25, 0.3) is 0 Å². The van der Waals surface area contributed by atoms with Crippen molar-refractivity contribution < 1.29 is 4.79 Å². The van der Waals surface area contributed by atoms with Crippen LogP contribution in [0.3, 0.4) is 0 Å². The zero-order chi connectivity index (χ0) is 16.8. The number of piperidine rings is 1. The first-order valence-electron chi connectivity index (χ1n) is 8.24. The Morgan fingerprint density at radius 2 is 2.08 bits per heavy atom. The quantitative estimate of drug-likeness (QED) is 0.940. The minimum atomic E-state index is -0.0473. The van der Waals surface area contributed by atoms with Crippen LogP contribution >= 0.6 is 0 Å². The van der Waals surface area contributed by atoms with Gasteiger partial charge < -0.3 is 10.2 Å². The molecule has 2 heterocycles. The van der Waals surface area contributed by atoms with Crippen molar-refractivity contribution in [2.45, 2.75) is 25.3 Å². The summed E-state index contributed by atoms with van der Waals surface area (Å²) in [7, 11) is 0. The molecule has 1 unspecified atom stereocenters. The molecule has 0 bridgehead atoms. The summed E-state index contributed by atoms with van der Waals surface area (Å²) in [5.41, 5.74) is 1.24. The van der Waals surface area contributed by atoms with E-state index in [0.29, 0.717) is 17.7 Å². The van der Waals surface area contributed by atoms with Crippen molar-refractivity contribution in [2.24, 2.45) is 0 Å². The molecular formula is C19H20N4O. The van der Waals surface area contributed by atoms with Crippen LogP contribution in [-0.2, 0) is 0 Å². The van der Waals surface area contributed by atoms with Crippen LogP contribution in [0.1, 0.15) is 35.2 Å². The van der Waals surface area contributed by atoms with Gasteiger partial charge in [-0.3, -0.25) is 4.79 Å². The molecule has 5 heteroatoms. The summed E-state index contributed by atoms with van der Waals surface area (Å²) in [5, 5.41) is 11.9. The molecule has 0 radical (unpaired) electrons. The highest BCUT2D eigenvalue weighted by Gasteiger charge is 2.24. The highest BCUT2D eigenvalue weighted by atomic mass is 16.1. The normalized spacial score (nSPS) is 17.1. The van der Waals surface area contributed by atoms with Crippen molar-refractivity contribution in [3.05, 3.63) is 59.8 Å². The molecule has 1 aliphatic heterocycles. The number of nitrogens with one attached hydrogen (secondary N) is 1. The van der Waals surface area contributed by atoms with E-state index >= 15 is 0 Å². The molecule has 3 rings (SSSR count). The highest BCUT2D eigenvalue weighted by Crippen LogP contribution is 2.23. The Morgan fingerprint density at radius 1 is 1.25 bits per heavy atom. The second kappa shape index (κ2) is 7.60. The summed E-state index contributed by atoms with van der Waals surface area (Å²) in [6, 6.07) is 15.2. The molecule has 1 amide bonds. The average molecular weight is 320 g/mol. The van der Waals surface area contributed by atoms with Gasteiger partial charge in [-0.2, -0.15) is 5.26 Å². The number of hydrogen-bond donors (Lipinski definition) is 1. The molecule has 2 aromatic rings. The number of nitrogens with zero attached hydrogens (tertiary/aromatic N) is 3. The van der Waals surface area contributed by atoms with Crippen molar-refractivity contribution >= 4 is 11.7 Å². The topological polar surface area (TPSA) is 69.0 Å². The maximum absolute atomic E-state index is 12.2. The molecule has 24 heavy (non-hydrogen) atoms. The molecular weight excluding hydrogens is 300 g/mol. The molecule has 122 valence electrons. The van der Waals surface area contributed by atoms with E-state index in [1.165, 1.54) is 0 Å². The van der Waals surface area contributed by atoms with Gasteiger partial charge in [-0.25, -0.2) is 4.98 Å². The summed E-state index contributed by atoms with van der Waals surface area (Å²) in [4.78, 5) is 18.9. The Labute approximate surface area is 141 Å².